The van der Waals surface area contributed by atoms with Crippen LogP contribution in [0.3, 0.4) is 0 Å². The van der Waals surface area contributed by atoms with E-state index in [9.17, 15) is 14.4 Å². The lowest BCUT2D eigenvalue weighted by molar-refractivity contribution is -0.123. The number of halogens is 2. The van der Waals surface area contributed by atoms with E-state index >= 15 is 0 Å². The Morgan fingerprint density at radius 3 is 2.35 bits per heavy atom. The molecule has 8 heteroatoms. The number of benzene rings is 1. The van der Waals surface area contributed by atoms with Gasteiger partial charge in [-0.25, -0.2) is 4.79 Å². The molecular formula is C15H8Br2N2O4. The van der Waals surface area contributed by atoms with Crippen LogP contribution in [0.15, 0.2) is 49.3 Å². The van der Waals surface area contributed by atoms with Crippen LogP contribution < -0.4 is 10.6 Å². The summed E-state index contributed by atoms with van der Waals surface area (Å²) in [5, 5.41) is 4.00. The number of rotatable bonds is 2. The Balaban J connectivity index is 1.95. The molecule has 0 aliphatic carbocycles. The summed E-state index contributed by atoms with van der Waals surface area (Å²) < 4.78 is 7.39. The van der Waals surface area contributed by atoms with Crippen molar-refractivity contribution in [3.8, 4) is 11.3 Å². The maximum Gasteiger partial charge on any atom is 0.328 e. The fourth-order valence-electron chi connectivity index (χ4n) is 2.01. The van der Waals surface area contributed by atoms with Gasteiger partial charge in [0.2, 0.25) is 0 Å². The normalized spacial score (nSPS) is 14.5. The van der Waals surface area contributed by atoms with Crippen LogP contribution in [-0.4, -0.2) is 17.8 Å². The van der Waals surface area contributed by atoms with Crippen LogP contribution in [-0.2, 0) is 9.59 Å². The molecule has 0 spiro atoms. The number of hydrogen-bond acceptors (Lipinski definition) is 4. The third-order valence-electron chi connectivity index (χ3n) is 3.05. The Morgan fingerprint density at radius 2 is 1.65 bits per heavy atom. The number of hydrogen-bond donors (Lipinski definition) is 2. The molecule has 1 aliphatic heterocycles. The Kier molecular flexibility index (Phi) is 4.18. The Labute approximate surface area is 147 Å². The molecule has 116 valence electrons. The van der Waals surface area contributed by atoms with Crippen molar-refractivity contribution >= 4 is 55.8 Å². The van der Waals surface area contributed by atoms with Crippen LogP contribution in [0.2, 0.25) is 0 Å². The van der Waals surface area contributed by atoms with Crippen LogP contribution in [0.5, 0.6) is 0 Å². The van der Waals surface area contributed by atoms with Gasteiger partial charge in [-0.2, -0.15) is 0 Å². The summed E-state index contributed by atoms with van der Waals surface area (Å²) in [6.45, 7) is 0. The predicted octanol–water partition coefficient (Wildman–Crippen LogP) is 3.22. The van der Waals surface area contributed by atoms with E-state index in [2.05, 4.69) is 31.9 Å². The van der Waals surface area contributed by atoms with Crippen LogP contribution >= 0.6 is 31.9 Å². The second kappa shape index (κ2) is 6.13. The van der Waals surface area contributed by atoms with Gasteiger partial charge in [-0.3, -0.25) is 20.2 Å². The topological polar surface area (TPSA) is 88.4 Å². The summed E-state index contributed by atoms with van der Waals surface area (Å²) >= 11 is 6.83. The lowest BCUT2D eigenvalue weighted by atomic mass is 10.1. The largest absolute Gasteiger partial charge is 0.457 e. The monoisotopic (exact) mass is 438 g/mol. The van der Waals surface area contributed by atoms with Crippen LogP contribution in [0.25, 0.3) is 17.4 Å². The first-order valence-corrected chi connectivity index (χ1v) is 7.96. The van der Waals surface area contributed by atoms with Crippen molar-refractivity contribution in [2.75, 3.05) is 0 Å². The SMILES string of the molecule is O=C1NC(=O)C(=Cc2ccc(-c3cc(Br)ccc3Br)o2)C(=O)N1. The van der Waals surface area contributed by atoms with E-state index in [-0.39, 0.29) is 5.57 Å². The maximum absolute atomic E-state index is 11.7. The number of barbiturate groups is 1. The quantitative estimate of drug-likeness (QED) is 0.555. The molecule has 0 saturated carbocycles. The van der Waals surface area contributed by atoms with Crippen molar-refractivity contribution in [1.29, 1.82) is 0 Å². The van der Waals surface area contributed by atoms with Gasteiger partial charge in [0.05, 0.1) is 0 Å². The summed E-state index contributed by atoms with van der Waals surface area (Å²) in [6, 6.07) is 8.14. The van der Waals surface area contributed by atoms with Crippen LogP contribution in [0, 0.1) is 0 Å². The predicted molar refractivity (Wildman–Crippen MR) is 89.2 cm³/mol. The van der Waals surface area contributed by atoms with Crippen molar-refractivity contribution in [2.24, 2.45) is 0 Å². The van der Waals surface area contributed by atoms with Gasteiger partial charge in [0.25, 0.3) is 11.8 Å². The van der Waals surface area contributed by atoms with Crippen molar-refractivity contribution < 1.29 is 18.8 Å². The minimum atomic E-state index is -0.838. The molecule has 0 unspecified atom stereocenters. The molecule has 4 amide bonds. The Hall–Kier alpha value is -2.19. The van der Waals surface area contributed by atoms with Crippen molar-refractivity contribution in [3.63, 3.8) is 0 Å². The van der Waals surface area contributed by atoms with E-state index in [1.165, 1.54) is 6.08 Å². The molecule has 3 rings (SSSR count). The highest BCUT2D eigenvalue weighted by atomic mass is 79.9. The molecule has 1 fully saturated rings. The average molecular weight is 440 g/mol. The van der Waals surface area contributed by atoms with Gasteiger partial charge >= 0.3 is 6.03 Å². The Morgan fingerprint density at radius 1 is 0.957 bits per heavy atom. The number of amides is 4. The summed E-state index contributed by atoms with van der Waals surface area (Å²) in [5.41, 5.74) is 0.621. The van der Waals surface area contributed by atoms with Gasteiger partial charge in [-0.15, -0.1) is 0 Å². The second-order valence-corrected chi connectivity index (χ2v) is 6.39. The average Bonchev–Trinajstić information content (AvgIpc) is 2.94. The van der Waals surface area contributed by atoms with E-state index in [0.717, 1.165) is 14.5 Å². The molecule has 1 aromatic heterocycles. The lowest BCUT2D eigenvalue weighted by Gasteiger charge is -2.13. The molecule has 0 bridgehead atoms. The lowest BCUT2D eigenvalue weighted by Crippen LogP contribution is -2.51. The van der Waals surface area contributed by atoms with E-state index in [1.807, 2.05) is 28.8 Å². The third-order valence-corrected chi connectivity index (χ3v) is 4.24. The summed E-state index contributed by atoms with van der Waals surface area (Å²) in [4.78, 5) is 34.4. The number of imide groups is 2. The fraction of sp³-hybridized carbons (Fsp3) is 0. The number of urea groups is 1. The van der Waals surface area contributed by atoms with Crippen LogP contribution in [0.4, 0.5) is 4.79 Å². The van der Waals surface area contributed by atoms with Crippen molar-refractivity contribution in [2.45, 2.75) is 0 Å². The molecule has 1 aromatic carbocycles. The molecule has 0 radical (unpaired) electrons. The molecule has 23 heavy (non-hydrogen) atoms. The first-order chi connectivity index (χ1) is 10.9. The van der Waals surface area contributed by atoms with Gasteiger partial charge in [0.1, 0.15) is 17.1 Å². The van der Waals surface area contributed by atoms with Crippen molar-refractivity contribution in [1.82, 2.24) is 10.6 Å². The first-order valence-electron chi connectivity index (χ1n) is 6.37. The van der Waals surface area contributed by atoms with Gasteiger partial charge in [0, 0.05) is 14.5 Å². The molecule has 2 N–H and O–H groups in total. The van der Waals surface area contributed by atoms with Gasteiger partial charge < -0.3 is 4.42 Å². The van der Waals surface area contributed by atoms with Gasteiger partial charge in [-0.1, -0.05) is 31.9 Å². The summed E-state index contributed by atoms with van der Waals surface area (Å²) in [7, 11) is 0. The Bertz CT molecular complexity index is 848. The molecule has 1 aliphatic rings. The summed E-state index contributed by atoms with van der Waals surface area (Å²) in [5.74, 6) is -0.639. The van der Waals surface area contributed by atoms with Crippen molar-refractivity contribution in [3.05, 3.63) is 50.6 Å². The molecule has 6 nitrogen and oxygen atoms in total. The molecule has 2 aromatic rings. The number of carbonyl (C=O) groups excluding carboxylic acids is 3. The molecule has 1 saturated heterocycles. The smallest absolute Gasteiger partial charge is 0.328 e. The van der Waals surface area contributed by atoms with Crippen LogP contribution in [0.1, 0.15) is 5.76 Å². The highest BCUT2D eigenvalue weighted by Gasteiger charge is 2.28. The summed E-state index contributed by atoms with van der Waals surface area (Å²) in [6.07, 6.45) is 1.28. The van der Waals surface area contributed by atoms with E-state index in [0.29, 0.717) is 11.5 Å². The van der Waals surface area contributed by atoms with E-state index in [1.54, 1.807) is 12.1 Å². The number of furan rings is 1. The standard InChI is InChI=1S/C15H8Br2N2O4/c16-7-1-3-11(17)9(5-7)12-4-2-8(23-12)6-10-13(20)18-15(22)19-14(10)21/h1-6H,(H2,18,19,20,21,22). The molecule has 0 atom stereocenters. The highest BCUT2D eigenvalue weighted by Crippen LogP contribution is 2.32. The molecule has 2 heterocycles. The third kappa shape index (κ3) is 3.27. The number of nitrogens with one attached hydrogen (secondary N) is 2. The maximum atomic E-state index is 11.7. The minimum absolute atomic E-state index is 0.196. The second-order valence-electron chi connectivity index (χ2n) is 4.62. The van der Waals surface area contributed by atoms with Gasteiger partial charge in [0.15, 0.2) is 0 Å². The fourth-order valence-corrected chi connectivity index (χ4v) is 2.81. The molecular weight excluding hydrogens is 432 g/mol. The minimum Gasteiger partial charge on any atom is -0.457 e. The highest BCUT2D eigenvalue weighted by molar-refractivity contribution is 9.11. The van der Waals surface area contributed by atoms with E-state index in [4.69, 9.17) is 4.42 Å². The number of carbonyl (C=O) groups is 3. The first kappa shape index (κ1) is 15.7. The van der Waals surface area contributed by atoms with E-state index < -0.39 is 17.8 Å². The zero-order valence-corrected chi connectivity index (χ0v) is 14.5. The zero-order chi connectivity index (χ0) is 16.6. The zero-order valence-electron chi connectivity index (χ0n) is 11.4. The van der Waals surface area contributed by atoms with Gasteiger partial charge in [-0.05, 0) is 36.4 Å².